The lowest BCUT2D eigenvalue weighted by atomic mass is 9.87. The van der Waals surface area contributed by atoms with E-state index >= 15 is 0 Å². The second-order valence-corrected chi connectivity index (χ2v) is 9.99. The molecule has 0 saturated heterocycles. The van der Waals surface area contributed by atoms with Crippen LogP contribution in [0.5, 0.6) is 5.75 Å². The number of rotatable bonds is 6. The average Bonchev–Trinajstić information content (AvgIpc) is 3.43. The van der Waals surface area contributed by atoms with Crippen LogP contribution in [0.3, 0.4) is 0 Å². The summed E-state index contributed by atoms with van der Waals surface area (Å²) in [6.45, 7) is 5.62. The van der Waals surface area contributed by atoms with Crippen molar-refractivity contribution in [1.82, 2.24) is 19.9 Å². The Hall–Kier alpha value is -2.89. The zero-order chi connectivity index (χ0) is 24.7. The predicted molar refractivity (Wildman–Crippen MR) is 118 cm³/mol. The average molecular weight is 499 g/mol. The number of aromatic nitrogens is 4. The van der Waals surface area contributed by atoms with Crippen LogP contribution in [0, 0.1) is 13.8 Å². The Kier molecular flexibility index (Phi) is 6.45. The molecule has 1 aliphatic rings. The summed E-state index contributed by atoms with van der Waals surface area (Å²) in [5.74, 6) is 0.498. The summed E-state index contributed by atoms with van der Waals surface area (Å²) >= 11 is 0. The van der Waals surface area contributed by atoms with Gasteiger partial charge < -0.3 is 8.71 Å². The van der Waals surface area contributed by atoms with Crippen molar-refractivity contribution >= 4 is 10.1 Å². The minimum atomic E-state index is -5.78. The van der Waals surface area contributed by atoms with Gasteiger partial charge in [0.25, 0.3) is 5.89 Å². The second-order valence-electron chi connectivity index (χ2n) is 8.45. The standard InChI is InChI=1S/C22H25F3N4O4S/c1-4-29-18(15-8-6-5-7-9-15)12-17(27-29)20-26-21(32-28-20)16-10-13(2)19(14(3)11-16)33-34(30,31)22(23,24)25/h10-12,15H,4-9H2,1-3H3. The molecule has 1 saturated carbocycles. The van der Waals surface area contributed by atoms with Crippen molar-refractivity contribution in [3.63, 3.8) is 0 Å². The molecule has 8 nitrogen and oxygen atoms in total. The third kappa shape index (κ3) is 4.68. The van der Waals surface area contributed by atoms with Gasteiger partial charge in [-0.1, -0.05) is 24.4 Å². The van der Waals surface area contributed by atoms with Crippen LogP contribution < -0.4 is 4.18 Å². The van der Waals surface area contributed by atoms with E-state index in [1.165, 1.54) is 45.2 Å². The summed E-state index contributed by atoms with van der Waals surface area (Å²) in [4.78, 5) is 4.42. The summed E-state index contributed by atoms with van der Waals surface area (Å²) in [6.07, 6.45) is 5.90. The minimum Gasteiger partial charge on any atom is -0.375 e. The molecule has 0 amide bonds. The molecule has 0 spiro atoms. The van der Waals surface area contributed by atoms with Crippen LogP contribution in [0.2, 0.25) is 0 Å². The van der Waals surface area contributed by atoms with Crippen molar-refractivity contribution in [2.75, 3.05) is 0 Å². The Morgan fingerprint density at radius 1 is 1.12 bits per heavy atom. The van der Waals surface area contributed by atoms with Crippen molar-refractivity contribution in [1.29, 1.82) is 0 Å². The smallest absolute Gasteiger partial charge is 0.375 e. The lowest BCUT2D eigenvalue weighted by molar-refractivity contribution is -0.0500. The molecule has 34 heavy (non-hydrogen) atoms. The molecule has 184 valence electrons. The number of benzene rings is 1. The van der Waals surface area contributed by atoms with Crippen molar-refractivity contribution in [3.05, 3.63) is 35.0 Å². The topological polar surface area (TPSA) is 100 Å². The number of halogens is 3. The number of alkyl halides is 3. The van der Waals surface area contributed by atoms with Gasteiger partial charge in [-0.15, -0.1) is 0 Å². The first kappa shape index (κ1) is 24.2. The molecule has 0 radical (unpaired) electrons. The van der Waals surface area contributed by atoms with Crippen molar-refractivity contribution in [3.8, 4) is 28.7 Å². The molecule has 1 fully saturated rings. The molecule has 2 heterocycles. The van der Waals surface area contributed by atoms with Gasteiger partial charge in [0.1, 0.15) is 11.4 Å². The van der Waals surface area contributed by atoms with E-state index in [2.05, 4.69) is 19.4 Å². The molecule has 4 rings (SSSR count). The van der Waals surface area contributed by atoms with E-state index in [9.17, 15) is 21.6 Å². The van der Waals surface area contributed by atoms with Gasteiger partial charge in [-0.2, -0.15) is 31.7 Å². The molecule has 1 aromatic carbocycles. The Labute approximate surface area is 195 Å². The summed E-state index contributed by atoms with van der Waals surface area (Å²) < 4.78 is 72.7. The third-order valence-corrected chi connectivity index (χ3v) is 6.93. The van der Waals surface area contributed by atoms with Gasteiger partial charge in [0.2, 0.25) is 5.82 Å². The van der Waals surface area contributed by atoms with E-state index in [1.54, 1.807) is 0 Å². The van der Waals surface area contributed by atoms with Crippen LogP contribution >= 0.6 is 0 Å². The summed E-state index contributed by atoms with van der Waals surface area (Å²) in [6, 6.07) is 4.86. The molecule has 1 aliphatic carbocycles. The maximum atomic E-state index is 12.7. The van der Waals surface area contributed by atoms with E-state index in [1.807, 2.05) is 17.7 Å². The molecule has 0 aliphatic heterocycles. The van der Waals surface area contributed by atoms with Crippen LogP contribution in [0.25, 0.3) is 23.0 Å². The fourth-order valence-corrected chi connectivity index (χ4v) is 4.90. The van der Waals surface area contributed by atoms with E-state index in [0.717, 1.165) is 25.1 Å². The van der Waals surface area contributed by atoms with Gasteiger partial charge in [0.15, 0.2) is 0 Å². The summed E-state index contributed by atoms with van der Waals surface area (Å²) in [7, 11) is -5.78. The molecular weight excluding hydrogens is 473 g/mol. The van der Waals surface area contributed by atoms with Gasteiger partial charge in [-0.05, 0) is 62.9 Å². The van der Waals surface area contributed by atoms with E-state index < -0.39 is 15.6 Å². The number of hydrogen-bond acceptors (Lipinski definition) is 7. The first-order chi connectivity index (χ1) is 16.0. The van der Waals surface area contributed by atoms with E-state index in [4.69, 9.17) is 4.52 Å². The van der Waals surface area contributed by atoms with Crippen LogP contribution in [0.15, 0.2) is 22.7 Å². The Bertz CT molecular complexity index is 1270. The highest BCUT2D eigenvalue weighted by Gasteiger charge is 2.49. The third-order valence-electron chi connectivity index (χ3n) is 5.97. The molecule has 3 aromatic rings. The van der Waals surface area contributed by atoms with Gasteiger partial charge in [0.05, 0.1) is 0 Å². The van der Waals surface area contributed by atoms with Gasteiger partial charge in [-0.3, -0.25) is 4.68 Å². The Morgan fingerprint density at radius 2 is 1.76 bits per heavy atom. The first-order valence-corrected chi connectivity index (χ1v) is 12.4. The quantitative estimate of drug-likeness (QED) is 0.326. The normalized spacial score (nSPS) is 15.6. The largest absolute Gasteiger partial charge is 0.534 e. The highest BCUT2D eigenvalue weighted by atomic mass is 32.2. The van der Waals surface area contributed by atoms with Gasteiger partial charge in [0, 0.05) is 23.7 Å². The Balaban J connectivity index is 1.62. The van der Waals surface area contributed by atoms with Gasteiger partial charge >= 0.3 is 15.6 Å². The van der Waals surface area contributed by atoms with Crippen LogP contribution in [-0.4, -0.2) is 33.8 Å². The number of aryl methyl sites for hydroxylation is 3. The number of nitrogens with zero attached hydrogens (tertiary/aromatic N) is 4. The fourth-order valence-electron chi connectivity index (χ4n) is 4.33. The fraction of sp³-hybridized carbons (Fsp3) is 0.500. The minimum absolute atomic E-state index is 0.136. The molecule has 0 bridgehead atoms. The van der Waals surface area contributed by atoms with Crippen LogP contribution in [-0.2, 0) is 16.7 Å². The monoisotopic (exact) mass is 498 g/mol. The summed E-state index contributed by atoms with van der Waals surface area (Å²) in [5.41, 5.74) is -3.00. The molecule has 2 aromatic heterocycles. The molecule has 0 unspecified atom stereocenters. The highest BCUT2D eigenvalue weighted by molar-refractivity contribution is 7.88. The van der Waals surface area contributed by atoms with Gasteiger partial charge in [-0.25, -0.2) is 0 Å². The molecule has 0 atom stereocenters. The zero-order valence-electron chi connectivity index (χ0n) is 19.0. The lowest BCUT2D eigenvalue weighted by Crippen LogP contribution is -2.28. The highest BCUT2D eigenvalue weighted by Crippen LogP contribution is 2.36. The van der Waals surface area contributed by atoms with Crippen molar-refractivity contribution < 1.29 is 30.3 Å². The summed E-state index contributed by atoms with van der Waals surface area (Å²) in [5, 5.41) is 8.66. The van der Waals surface area contributed by atoms with Crippen molar-refractivity contribution in [2.24, 2.45) is 0 Å². The van der Waals surface area contributed by atoms with Crippen LogP contribution in [0.1, 0.15) is 61.8 Å². The molecule has 0 N–H and O–H groups in total. The predicted octanol–water partition coefficient (Wildman–Crippen LogP) is 5.51. The maximum Gasteiger partial charge on any atom is 0.534 e. The van der Waals surface area contributed by atoms with Crippen LogP contribution in [0.4, 0.5) is 13.2 Å². The van der Waals surface area contributed by atoms with E-state index in [-0.39, 0.29) is 22.8 Å². The molecule has 12 heteroatoms. The lowest BCUT2D eigenvalue weighted by Gasteiger charge is -2.22. The zero-order valence-corrected chi connectivity index (χ0v) is 19.8. The van der Waals surface area contributed by atoms with Crippen molar-refractivity contribution in [2.45, 2.75) is 70.8 Å². The number of hydrogen-bond donors (Lipinski definition) is 0. The second kappa shape index (κ2) is 9.05. The molecular formula is C22H25F3N4O4S. The van der Waals surface area contributed by atoms with E-state index in [0.29, 0.717) is 23.0 Å². The first-order valence-electron chi connectivity index (χ1n) is 11.0. The maximum absolute atomic E-state index is 12.7. The SMILES string of the molecule is CCn1nc(-c2noc(-c3cc(C)c(OS(=O)(=O)C(F)(F)F)c(C)c3)n2)cc1C1CCCCC1. The Morgan fingerprint density at radius 3 is 2.35 bits per heavy atom.